The van der Waals surface area contributed by atoms with E-state index in [9.17, 15) is 5.26 Å². The van der Waals surface area contributed by atoms with E-state index in [0.29, 0.717) is 0 Å². The van der Waals surface area contributed by atoms with Gasteiger partial charge in [-0.2, -0.15) is 10.4 Å². The van der Waals surface area contributed by atoms with Crippen molar-refractivity contribution in [3.8, 4) is 17.3 Å². The molecule has 24 heavy (non-hydrogen) atoms. The van der Waals surface area contributed by atoms with Gasteiger partial charge < -0.3 is 0 Å². The Hall–Kier alpha value is -3.00. The number of pyridine rings is 1. The molecule has 2 aromatic heterocycles. The zero-order valence-electron chi connectivity index (χ0n) is 13.1. The summed E-state index contributed by atoms with van der Waals surface area (Å²) in [6.45, 7) is 0.754. The number of aromatic amines is 1. The van der Waals surface area contributed by atoms with E-state index >= 15 is 0 Å². The maximum atomic E-state index is 9.40. The molecule has 116 valence electrons. The van der Waals surface area contributed by atoms with Crippen molar-refractivity contribution in [1.82, 2.24) is 15.2 Å². The summed E-state index contributed by atoms with van der Waals surface area (Å²) in [6, 6.07) is 6.67. The standard InChI is InChI=1S/C19H15N5/c20-6-11-1-3-14-15(5-11)19(13-8-22-23-9-13)24-17-4-2-12-7-21-10-16(12)18(14)17/h2,4,8-11H,1,3,5,7H2,(H,22,23). The highest BCUT2D eigenvalue weighted by molar-refractivity contribution is 6.04. The van der Waals surface area contributed by atoms with Gasteiger partial charge in [0.2, 0.25) is 0 Å². The van der Waals surface area contributed by atoms with E-state index in [2.05, 4.69) is 33.4 Å². The Morgan fingerprint density at radius 2 is 2.21 bits per heavy atom. The number of nitrogens with zero attached hydrogens (tertiary/aromatic N) is 4. The summed E-state index contributed by atoms with van der Waals surface area (Å²) in [6.07, 6.45) is 8.25. The lowest BCUT2D eigenvalue weighted by atomic mass is 9.80. The highest BCUT2D eigenvalue weighted by Gasteiger charge is 2.27. The number of nitrogens with one attached hydrogen (secondary N) is 1. The molecule has 3 heterocycles. The van der Waals surface area contributed by atoms with Gasteiger partial charge in [-0.15, -0.1) is 0 Å². The molecule has 0 spiro atoms. The second-order valence-electron chi connectivity index (χ2n) is 6.48. The van der Waals surface area contributed by atoms with Crippen LogP contribution in [0, 0.1) is 17.2 Å². The van der Waals surface area contributed by atoms with Gasteiger partial charge in [0.25, 0.3) is 0 Å². The Balaban J connectivity index is 1.87. The lowest BCUT2D eigenvalue weighted by Crippen LogP contribution is -2.16. The van der Waals surface area contributed by atoms with E-state index in [1.165, 1.54) is 27.6 Å². The smallest absolute Gasteiger partial charge is 0.0776 e. The van der Waals surface area contributed by atoms with Crippen molar-refractivity contribution in [3.63, 3.8) is 0 Å². The van der Waals surface area contributed by atoms with Crippen LogP contribution in [0.1, 0.15) is 28.7 Å². The Morgan fingerprint density at radius 1 is 1.25 bits per heavy atom. The van der Waals surface area contributed by atoms with Crippen molar-refractivity contribution in [2.75, 3.05) is 0 Å². The summed E-state index contributed by atoms with van der Waals surface area (Å²) < 4.78 is 0. The minimum Gasteiger partial charge on any atom is -0.288 e. The van der Waals surface area contributed by atoms with Crippen LogP contribution in [0.4, 0.5) is 0 Å². The number of aryl methyl sites for hydroxylation is 1. The zero-order valence-corrected chi connectivity index (χ0v) is 13.1. The van der Waals surface area contributed by atoms with Crippen LogP contribution >= 0.6 is 0 Å². The first-order valence-corrected chi connectivity index (χ1v) is 8.21. The fraction of sp³-hybridized carbons (Fsp3) is 0.263. The fourth-order valence-electron chi connectivity index (χ4n) is 3.96. The average molecular weight is 313 g/mol. The molecule has 1 N–H and O–H groups in total. The van der Waals surface area contributed by atoms with Crippen molar-refractivity contribution in [2.24, 2.45) is 10.9 Å². The topological polar surface area (TPSA) is 77.7 Å². The Morgan fingerprint density at radius 3 is 3.04 bits per heavy atom. The van der Waals surface area contributed by atoms with Crippen LogP contribution in [0.3, 0.4) is 0 Å². The summed E-state index contributed by atoms with van der Waals surface area (Å²) in [5.74, 6) is 0.0628. The molecule has 0 saturated heterocycles. The number of benzene rings is 1. The summed E-state index contributed by atoms with van der Waals surface area (Å²) in [7, 11) is 0. The van der Waals surface area contributed by atoms with Crippen LogP contribution < -0.4 is 0 Å². The number of hydrogen-bond donors (Lipinski definition) is 1. The summed E-state index contributed by atoms with van der Waals surface area (Å²) in [5.41, 5.74) is 7.98. The molecule has 2 aliphatic rings. The largest absolute Gasteiger partial charge is 0.288 e. The molecule has 1 atom stereocenters. The predicted molar refractivity (Wildman–Crippen MR) is 91.8 cm³/mol. The normalized spacial score (nSPS) is 18.4. The lowest BCUT2D eigenvalue weighted by molar-refractivity contribution is 0.567. The maximum absolute atomic E-state index is 9.40. The average Bonchev–Trinajstić information content (AvgIpc) is 3.31. The highest BCUT2D eigenvalue weighted by Crippen LogP contribution is 2.38. The van der Waals surface area contributed by atoms with Crippen LogP contribution in [0.2, 0.25) is 0 Å². The molecule has 1 aromatic carbocycles. The van der Waals surface area contributed by atoms with Gasteiger partial charge >= 0.3 is 0 Å². The first-order valence-electron chi connectivity index (χ1n) is 8.21. The molecule has 0 bridgehead atoms. The van der Waals surface area contributed by atoms with Crippen molar-refractivity contribution < 1.29 is 0 Å². The van der Waals surface area contributed by atoms with E-state index in [1.54, 1.807) is 6.20 Å². The third kappa shape index (κ3) is 1.83. The number of nitriles is 1. The van der Waals surface area contributed by atoms with Crippen molar-refractivity contribution in [3.05, 3.63) is 46.8 Å². The van der Waals surface area contributed by atoms with Gasteiger partial charge in [0.05, 0.1) is 35.9 Å². The Kier molecular flexibility index (Phi) is 2.80. The molecule has 1 aliphatic carbocycles. The molecule has 0 radical (unpaired) electrons. The van der Waals surface area contributed by atoms with E-state index in [-0.39, 0.29) is 5.92 Å². The van der Waals surface area contributed by atoms with Gasteiger partial charge in [-0.25, -0.2) is 4.98 Å². The summed E-state index contributed by atoms with van der Waals surface area (Å²) in [5, 5.41) is 17.6. The van der Waals surface area contributed by atoms with Gasteiger partial charge in [-0.3, -0.25) is 10.1 Å². The molecule has 0 saturated carbocycles. The lowest BCUT2D eigenvalue weighted by Gasteiger charge is -2.24. The predicted octanol–water partition coefficient (Wildman–Crippen LogP) is 3.19. The Bertz CT molecular complexity index is 1020. The number of aliphatic imine (C=N–C) groups is 1. The highest BCUT2D eigenvalue weighted by atomic mass is 15.1. The first-order chi connectivity index (χ1) is 11.8. The van der Waals surface area contributed by atoms with E-state index < -0.39 is 0 Å². The van der Waals surface area contributed by atoms with E-state index in [0.717, 1.165) is 42.6 Å². The summed E-state index contributed by atoms with van der Waals surface area (Å²) in [4.78, 5) is 9.38. The molecule has 5 rings (SSSR count). The fourth-order valence-corrected chi connectivity index (χ4v) is 3.96. The van der Waals surface area contributed by atoms with Crippen LogP contribution in [0.15, 0.2) is 29.5 Å². The minimum atomic E-state index is 0.0628. The van der Waals surface area contributed by atoms with Crippen LogP contribution in [-0.2, 0) is 19.4 Å². The molecular weight excluding hydrogens is 298 g/mol. The maximum Gasteiger partial charge on any atom is 0.0776 e. The van der Waals surface area contributed by atoms with Gasteiger partial charge in [-0.1, -0.05) is 6.07 Å². The van der Waals surface area contributed by atoms with Crippen LogP contribution in [0.5, 0.6) is 0 Å². The first kappa shape index (κ1) is 13.4. The number of aromatic nitrogens is 3. The van der Waals surface area contributed by atoms with Crippen LogP contribution in [-0.4, -0.2) is 21.4 Å². The van der Waals surface area contributed by atoms with Gasteiger partial charge in [0.15, 0.2) is 0 Å². The molecule has 5 nitrogen and oxygen atoms in total. The van der Waals surface area contributed by atoms with Crippen molar-refractivity contribution in [1.29, 1.82) is 5.26 Å². The van der Waals surface area contributed by atoms with E-state index in [1.807, 2.05) is 12.4 Å². The third-order valence-corrected chi connectivity index (χ3v) is 5.13. The molecule has 1 aliphatic heterocycles. The van der Waals surface area contributed by atoms with Crippen molar-refractivity contribution >= 4 is 17.1 Å². The number of H-pyrrole nitrogens is 1. The third-order valence-electron chi connectivity index (χ3n) is 5.13. The molecular formula is C19H15N5. The molecule has 5 heteroatoms. The van der Waals surface area contributed by atoms with Gasteiger partial charge in [0, 0.05) is 28.9 Å². The molecule has 0 fully saturated rings. The van der Waals surface area contributed by atoms with Gasteiger partial charge in [-0.05, 0) is 42.0 Å². The molecule has 0 amide bonds. The zero-order chi connectivity index (χ0) is 16.1. The summed E-state index contributed by atoms with van der Waals surface area (Å²) >= 11 is 0. The van der Waals surface area contributed by atoms with Crippen LogP contribution in [0.25, 0.3) is 22.2 Å². The Labute approximate surface area is 139 Å². The second-order valence-corrected chi connectivity index (χ2v) is 6.48. The minimum absolute atomic E-state index is 0.0628. The molecule has 3 aromatic rings. The monoisotopic (exact) mass is 313 g/mol. The number of fused-ring (bicyclic) bond motifs is 5. The van der Waals surface area contributed by atoms with Crippen molar-refractivity contribution in [2.45, 2.75) is 25.8 Å². The second kappa shape index (κ2) is 5.00. The van der Waals surface area contributed by atoms with E-state index in [4.69, 9.17) is 4.98 Å². The SMILES string of the molecule is N#CC1CCc2c(c(-c3cn[nH]c3)nc3ccc4c(c23)C=NC4)C1. The quantitative estimate of drug-likeness (QED) is 0.749. The molecule has 1 unspecified atom stereocenters. The number of hydrogen-bond acceptors (Lipinski definition) is 4. The van der Waals surface area contributed by atoms with Gasteiger partial charge in [0.1, 0.15) is 0 Å². The number of rotatable bonds is 1.